The third-order valence-electron chi connectivity index (χ3n) is 19.3. The van der Waals surface area contributed by atoms with Gasteiger partial charge in [0.1, 0.15) is 23.6 Å². The molecule has 10 heteroatoms. The molecule has 0 saturated heterocycles. The summed E-state index contributed by atoms with van der Waals surface area (Å²) in [6.07, 6.45) is 19.7. The highest BCUT2D eigenvalue weighted by Gasteiger charge is 2.86. The zero-order valence-electron chi connectivity index (χ0n) is 34.0. The quantitative estimate of drug-likeness (QED) is 0.0823. The van der Waals surface area contributed by atoms with Gasteiger partial charge in [0.2, 0.25) is 0 Å². The average Bonchev–Trinajstić information content (AvgIpc) is 3.93. The van der Waals surface area contributed by atoms with E-state index in [1.165, 1.54) is 25.7 Å². The van der Waals surface area contributed by atoms with Gasteiger partial charge in [0.05, 0.1) is 23.2 Å². The van der Waals surface area contributed by atoms with Gasteiger partial charge in [0.15, 0.2) is 0 Å². The monoisotopic (exact) mass is 788 g/mol. The summed E-state index contributed by atoms with van der Waals surface area (Å²) in [6.45, 7) is 2.04. The zero-order chi connectivity index (χ0) is 39.5. The van der Waals surface area contributed by atoms with Crippen LogP contribution in [-0.4, -0.2) is 99.6 Å². The van der Waals surface area contributed by atoms with Gasteiger partial charge in [0, 0.05) is 48.9 Å². The van der Waals surface area contributed by atoms with Gasteiger partial charge in [-0.15, -0.1) is 0 Å². The molecule has 0 unspecified atom stereocenters. The summed E-state index contributed by atoms with van der Waals surface area (Å²) in [6, 6.07) is 0. The van der Waals surface area contributed by atoms with Gasteiger partial charge < -0.3 is 45.7 Å². The number of aldehydes is 1. The van der Waals surface area contributed by atoms with Crippen molar-refractivity contribution in [1.82, 2.24) is 10.6 Å². The van der Waals surface area contributed by atoms with Crippen LogP contribution in [0.3, 0.4) is 0 Å². The Hall–Kier alpha value is -1.92. The van der Waals surface area contributed by atoms with Crippen LogP contribution in [0.2, 0.25) is 0 Å². The number of fused-ring (bicyclic) bond motifs is 9. The molecule has 0 aromatic heterocycles. The topological polar surface area (TPSA) is 169 Å². The Morgan fingerprint density at radius 2 is 1.65 bits per heavy atom. The van der Waals surface area contributed by atoms with Crippen molar-refractivity contribution in [1.29, 1.82) is 0 Å². The summed E-state index contributed by atoms with van der Waals surface area (Å²) in [4.78, 5) is 27.5. The Bertz CT molecular complexity index is 1700. The number of aliphatic hydroxyl groups excluding tert-OH is 2. The van der Waals surface area contributed by atoms with E-state index < -0.39 is 63.7 Å². The number of esters is 1. The van der Waals surface area contributed by atoms with Crippen LogP contribution < -0.4 is 10.6 Å². The smallest absolute Gasteiger partial charge is 0.331 e. The van der Waals surface area contributed by atoms with E-state index in [1.807, 2.05) is 7.05 Å². The molecule has 10 aliphatic rings. The molecule has 1 aliphatic heterocycles. The molecule has 0 aromatic rings. The lowest BCUT2D eigenvalue weighted by Gasteiger charge is -2.74. The first-order valence-electron chi connectivity index (χ1n) is 23.1. The molecule has 9 aliphatic carbocycles. The molecule has 57 heavy (non-hydrogen) atoms. The highest BCUT2D eigenvalue weighted by Crippen LogP contribution is 2.78. The van der Waals surface area contributed by atoms with E-state index in [0.29, 0.717) is 50.5 Å². The second kappa shape index (κ2) is 14.1. The second-order valence-corrected chi connectivity index (χ2v) is 20.9. The minimum atomic E-state index is -2.11. The summed E-state index contributed by atoms with van der Waals surface area (Å²) in [5.74, 6) is -2.14. The summed E-state index contributed by atoms with van der Waals surface area (Å²) in [5, 5.41) is 74.2. The highest BCUT2D eigenvalue weighted by atomic mass is 16.5. The first-order valence-corrected chi connectivity index (χ1v) is 23.1. The lowest BCUT2D eigenvalue weighted by Crippen LogP contribution is -2.85. The molecule has 0 radical (unpaired) electrons. The van der Waals surface area contributed by atoms with Gasteiger partial charge in [-0.2, -0.15) is 0 Å². The minimum absolute atomic E-state index is 0.0343. The van der Waals surface area contributed by atoms with Crippen molar-refractivity contribution in [3.63, 3.8) is 0 Å². The lowest BCUT2D eigenvalue weighted by atomic mass is 9.34. The molecular weight excluding hydrogens is 721 g/mol. The SMILES string of the molecule is CNCCNCC1=C[C@@H]2C[C@]3(O)[C@]4(O)[C@@H](O)[C@@H]5C[C@@H]6[C@H](C=CC[C@H]6C6CCCC6)C[C@H]6[C@@H](O)CC[C@](C=O)([C@H]4CC[C@]3(C3CCCCC3)[C@H]2C2=CC(=O)O[C@@H]12)[C@@]65O. The second-order valence-electron chi connectivity index (χ2n) is 20.9. The molecule has 0 aromatic carbocycles. The lowest BCUT2D eigenvalue weighted by molar-refractivity contribution is -0.379. The first-order chi connectivity index (χ1) is 27.5. The highest BCUT2D eigenvalue weighted by molar-refractivity contribution is 5.87. The largest absolute Gasteiger partial charge is 0.450 e. The van der Waals surface area contributed by atoms with Gasteiger partial charge >= 0.3 is 5.97 Å². The van der Waals surface area contributed by atoms with E-state index in [9.17, 15) is 35.1 Å². The van der Waals surface area contributed by atoms with Crippen LogP contribution in [0, 0.1) is 70.0 Å². The Morgan fingerprint density at radius 3 is 2.40 bits per heavy atom. The minimum Gasteiger partial charge on any atom is -0.450 e. The van der Waals surface area contributed by atoms with Crippen molar-refractivity contribution in [2.24, 2.45) is 70.0 Å². The number of carbonyl (C=O) groups is 2. The Labute approximate surface area is 338 Å². The molecule has 7 saturated carbocycles. The summed E-state index contributed by atoms with van der Waals surface area (Å²) in [5.41, 5.74) is -6.18. The molecule has 0 spiro atoms. The molecule has 0 amide bonds. The number of hydrogen-bond donors (Lipinski definition) is 7. The molecule has 10 nitrogen and oxygen atoms in total. The van der Waals surface area contributed by atoms with Gasteiger partial charge in [-0.1, -0.05) is 63.2 Å². The Morgan fingerprint density at radius 1 is 0.877 bits per heavy atom. The van der Waals surface area contributed by atoms with E-state index in [1.54, 1.807) is 6.08 Å². The Balaban J connectivity index is 1.14. The molecule has 1 heterocycles. The van der Waals surface area contributed by atoms with E-state index in [4.69, 9.17) is 4.74 Å². The predicted octanol–water partition coefficient (Wildman–Crippen LogP) is 4.13. The molecule has 0 bridgehead atoms. The predicted molar refractivity (Wildman–Crippen MR) is 213 cm³/mol. The third-order valence-corrected chi connectivity index (χ3v) is 19.3. The number of carbonyl (C=O) groups excluding carboxylic acids is 2. The van der Waals surface area contributed by atoms with Crippen molar-refractivity contribution in [2.75, 3.05) is 26.7 Å². The standard InChI is InChI=1S/C47H68N2O8/c1-48-18-19-49-25-30-20-29-24-45(54)44(31-11-3-2-4-12-31,40(29)34-23-39(52)57-41(30)34)17-15-38-43(26-50)16-14-37(51)35-21-28-10-7-13-32(27-8-5-6-9-27)33(28)22-36(46(35,43)55)42(53)47(38,45)56/h7,10,20,23,26-29,31-33,35-38,40-42,48-49,51,53-56H,2-6,8-9,11-19,21-22,24-25H2,1H3/t28-,29-,32+,33-,35+,36+,37+,38-,40-,41+,42+,43+,44+,45-,46-,47-/m1/s1. The van der Waals surface area contributed by atoms with Crippen LogP contribution in [0.1, 0.15) is 109 Å². The Kier molecular flexibility index (Phi) is 9.68. The first kappa shape index (κ1) is 39.2. The molecule has 7 fully saturated rings. The summed E-state index contributed by atoms with van der Waals surface area (Å²) in [7, 11) is 1.91. The maximum Gasteiger partial charge on any atom is 0.331 e. The molecule has 10 rings (SSSR count). The summed E-state index contributed by atoms with van der Waals surface area (Å²) >= 11 is 0. The van der Waals surface area contributed by atoms with Crippen molar-refractivity contribution in [3.8, 4) is 0 Å². The fraction of sp³-hybridized carbons (Fsp3) is 0.830. The number of allylic oxidation sites excluding steroid dienone is 3. The molecule has 16 atom stereocenters. The molecular formula is C47H68N2O8. The molecule has 7 N–H and O–H groups in total. The van der Waals surface area contributed by atoms with Crippen LogP contribution in [0.25, 0.3) is 0 Å². The number of nitrogens with one attached hydrogen (secondary N) is 2. The van der Waals surface area contributed by atoms with Crippen molar-refractivity contribution in [3.05, 3.63) is 35.5 Å². The van der Waals surface area contributed by atoms with E-state index in [-0.39, 0.29) is 48.4 Å². The van der Waals surface area contributed by atoms with Crippen LogP contribution in [-0.2, 0) is 14.3 Å². The van der Waals surface area contributed by atoms with Crippen LogP contribution in [0.15, 0.2) is 35.5 Å². The van der Waals surface area contributed by atoms with Gasteiger partial charge in [-0.05, 0) is 124 Å². The van der Waals surface area contributed by atoms with Crippen LogP contribution in [0.4, 0.5) is 0 Å². The van der Waals surface area contributed by atoms with E-state index in [2.05, 4.69) is 28.9 Å². The van der Waals surface area contributed by atoms with Crippen molar-refractivity contribution >= 4 is 12.3 Å². The van der Waals surface area contributed by atoms with Crippen LogP contribution in [0.5, 0.6) is 0 Å². The number of rotatable bonds is 8. The maximum atomic E-state index is 14.3. The normalized spacial score (nSPS) is 51.6. The number of aliphatic hydroxyl groups is 5. The van der Waals surface area contributed by atoms with Crippen LogP contribution >= 0.6 is 0 Å². The number of hydrogen-bond acceptors (Lipinski definition) is 10. The van der Waals surface area contributed by atoms with Gasteiger partial charge in [0.25, 0.3) is 0 Å². The fourth-order valence-electron chi connectivity index (χ4n) is 17.3. The fourth-order valence-corrected chi connectivity index (χ4v) is 17.3. The van der Waals surface area contributed by atoms with Gasteiger partial charge in [-0.3, -0.25) is 0 Å². The third kappa shape index (κ3) is 5.07. The number of ether oxygens (including phenoxy) is 1. The zero-order valence-corrected chi connectivity index (χ0v) is 34.0. The number of likely N-dealkylation sites (N-methyl/N-ethyl adjacent to an activating group) is 1. The van der Waals surface area contributed by atoms with E-state index >= 15 is 0 Å². The summed E-state index contributed by atoms with van der Waals surface area (Å²) < 4.78 is 6.08. The average molecular weight is 789 g/mol. The molecule has 314 valence electrons. The maximum absolute atomic E-state index is 14.3. The van der Waals surface area contributed by atoms with Crippen molar-refractivity contribution < 1.29 is 39.9 Å². The van der Waals surface area contributed by atoms with Crippen molar-refractivity contribution in [2.45, 2.75) is 144 Å². The van der Waals surface area contributed by atoms with Gasteiger partial charge in [-0.25, -0.2) is 4.79 Å². The van der Waals surface area contributed by atoms with E-state index in [0.717, 1.165) is 69.0 Å².